The number of rotatable bonds is 12. The van der Waals surface area contributed by atoms with Crippen molar-refractivity contribution in [2.45, 2.75) is 71.5 Å². The Balaban J connectivity index is 5.02. The third-order valence-corrected chi connectivity index (χ3v) is 3.66. The fourth-order valence-electron chi connectivity index (χ4n) is 2.39. The molecular formula is C17H31N3O6. The topological polar surface area (TPSA) is 159 Å². The summed E-state index contributed by atoms with van der Waals surface area (Å²) in [6, 6.07) is -3.04. The lowest BCUT2D eigenvalue weighted by atomic mass is 10.00. The molecule has 0 aliphatic carbocycles. The van der Waals surface area contributed by atoms with Crippen LogP contribution in [0.4, 0.5) is 0 Å². The van der Waals surface area contributed by atoms with E-state index < -0.39 is 48.3 Å². The van der Waals surface area contributed by atoms with Crippen LogP contribution in [0.25, 0.3) is 0 Å². The molecule has 0 fully saturated rings. The van der Waals surface area contributed by atoms with Crippen molar-refractivity contribution < 1.29 is 29.4 Å². The van der Waals surface area contributed by atoms with E-state index in [-0.39, 0.29) is 18.3 Å². The maximum atomic E-state index is 12.4. The van der Waals surface area contributed by atoms with Gasteiger partial charge in [-0.05, 0) is 31.1 Å². The van der Waals surface area contributed by atoms with E-state index in [1.807, 2.05) is 27.7 Å². The molecule has 0 aliphatic rings. The minimum Gasteiger partial charge on any atom is -0.481 e. The lowest BCUT2D eigenvalue weighted by Crippen LogP contribution is -2.55. The summed E-state index contributed by atoms with van der Waals surface area (Å²) < 4.78 is 0. The maximum Gasteiger partial charge on any atom is 0.326 e. The Bertz CT molecular complexity index is 507. The van der Waals surface area contributed by atoms with E-state index in [0.29, 0.717) is 12.8 Å². The Labute approximate surface area is 153 Å². The fourth-order valence-corrected chi connectivity index (χ4v) is 2.39. The summed E-state index contributed by atoms with van der Waals surface area (Å²) in [4.78, 5) is 46.5. The molecule has 0 radical (unpaired) electrons. The molecule has 0 aliphatic heterocycles. The van der Waals surface area contributed by atoms with Gasteiger partial charge >= 0.3 is 11.9 Å². The molecule has 6 N–H and O–H groups in total. The molecule has 3 atom stereocenters. The first kappa shape index (κ1) is 23.8. The number of aliphatic carboxylic acids is 2. The van der Waals surface area contributed by atoms with Crippen molar-refractivity contribution in [1.29, 1.82) is 0 Å². The average molecular weight is 373 g/mol. The van der Waals surface area contributed by atoms with Crippen molar-refractivity contribution in [2.75, 3.05) is 0 Å². The number of carbonyl (C=O) groups is 4. The quantitative estimate of drug-likeness (QED) is 0.329. The molecule has 0 saturated heterocycles. The molecular weight excluding hydrogens is 342 g/mol. The van der Waals surface area contributed by atoms with Crippen molar-refractivity contribution in [3.8, 4) is 0 Å². The van der Waals surface area contributed by atoms with E-state index in [9.17, 15) is 19.2 Å². The Hall–Kier alpha value is -2.16. The highest BCUT2D eigenvalue weighted by Gasteiger charge is 2.28. The number of amides is 2. The molecule has 0 heterocycles. The van der Waals surface area contributed by atoms with Crippen LogP contribution in [0.2, 0.25) is 0 Å². The van der Waals surface area contributed by atoms with Crippen LogP contribution in [0.5, 0.6) is 0 Å². The third kappa shape index (κ3) is 9.97. The van der Waals surface area contributed by atoms with Crippen molar-refractivity contribution in [3.05, 3.63) is 0 Å². The minimum atomic E-state index is -1.34. The molecule has 0 aromatic rings. The van der Waals surface area contributed by atoms with Gasteiger partial charge in [-0.1, -0.05) is 27.7 Å². The number of nitrogens with one attached hydrogen (secondary N) is 2. The smallest absolute Gasteiger partial charge is 0.326 e. The first-order valence-corrected chi connectivity index (χ1v) is 8.74. The third-order valence-electron chi connectivity index (χ3n) is 3.66. The molecule has 150 valence electrons. The van der Waals surface area contributed by atoms with Crippen LogP contribution in [0, 0.1) is 11.8 Å². The standard InChI is InChI=1S/C17H31N3O6/c1-9(2)7-11(18)15(23)20-13(8-10(3)4)16(24)19-12(17(25)26)5-6-14(21)22/h9-13H,5-8,18H2,1-4H3,(H,19,24)(H,20,23)(H,21,22)(H,25,26). The molecule has 3 unspecified atom stereocenters. The van der Waals surface area contributed by atoms with Gasteiger partial charge in [0.25, 0.3) is 0 Å². The molecule has 0 rings (SSSR count). The Morgan fingerprint density at radius 2 is 1.35 bits per heavy atom. The second-order valence-corrected chi connectivity index (χ2v) is 7.26. The van der Waals surface area contributed by atoms with Gasteiger partial charge in [-0.15, -0.1) is 0 Å². The van der Waals surface area contributed by atoms with Crippen LogP contribution in [0.1, 0.15) is 53.4 Å². The van der Waals surface area contributed by atoms with E-state index in [1.54, 1.807) is 0 Å². The van der Waals surface area contributed by atoms with Gasteiger partial charge in [0.2, 0.25) is 11.8 Å². The van der Waals surface area contributed by atoms with Crippen LogP contribution < -0.4 is 16.4 Å². The van der Waals surface area contributed by atoms with E-state index >= 15 is 0 Å². The van der Waals surface area contributed by atoms with Crippen LogP contribution in [0.3, 0.4) is 0 Å². The van der Waals surface area contributed by atoms with E-state index in [4.69, 9.17) is 15.9 Å². The van der Waals surface area contributed by atoms with Crippen LogP contribution >= 0.6 is 0 Å². The normalized spacial score (nSPS) is 14.6. The van der Waals surface area contributed by atoms with Gasteiger partial charge < -0.3 is 26.6 Å². The SMILES string of the molecule is CC(C)CC(N)C(=O)NC(CC(C)C)C(=O)NC(CCC(=O)O)C(=O)O. The fraction of sp³-hybridized carbons (Fsp3) is 0.765. The van der Waals surface area contributed by atoms with Crippen LogP contribution in [-0.2, 0) is 19.2 Å². The van der Waals surface area contributed by atoms with E-state index in [2.05, 4.69) is 10.6 Å². The van der Waals surface area contributed by atoms with Gasteiger partial charge in [-0.2, -0.15) is 0 Å². The second-order valence-electron chi connectivity index (χ2n) is 7.26. The average Bonchev–Trinajstić information content (AvgIpc) is 2.48. The molecule has 0 aromatic heterocycles. The molecule has 0 spiro atoms. The largest absolute Gasteiger partial charge is 0.481 e. The van der Waals surface area contributed by atoms with Crippen molar-refractivity contribution in [1.82, 2.24) is 10.6 Å². The summed E-state index contributed by atoms with van der Waals surface area (Å²) in [5, 5.41) is 22.7. The number of carboxylic acid groups (broad SMARTS) is 2. The molecule has 0 bridgehead atoms. The Morgan fingerprint density at radius 1 is 0.846 bits per heavy atom. The summed E-state index contributed by atoms with van der Waals surface area (Å²) in [7, 11) is 0. The number of carbonyl (C=O) groups excluding carboxylic acids is 2. The van der Waals surface area contributed by atoms with Gasteiger partial charge in [0.15, 0.2) is 0 Å². The molecule has 0 saturated carbocycles. The summed E-state index contributed by atoms with van der Waals surface area (Å²) in [5.41, 5.74) is 5.82. The molecule has 9 nitrogen and oxygen atoms in total. The van der Waals surface area contributed by atoms with Gasteiger partial charge in [0.05, 0.1) is 6.04 Å². The van der Waals surface area contributed by atoms with Crippen molar-refractivity contribution in [2.24, 2.45) is 17.6 Å². The van der Waals surface area contributed by atoms with Crippen LogP contribution in [0.15, 0.2) is 0 Å². The van der Waals surface area contributed by atoms with E-state index in [0.717, 1.165) is 0 Å². The number of nitrogens with two attached hydrogens (primary N) is 1. The lowest BCUT2D eigenvalue weighted by molar-refractivity contribution is -0.143. The van der Waals surface area contributed by atoms with E-state index in [1.165, 1.54) is 0 Å². The highest BCUT2D eigenvalue weighted by molar-refractivity contribution is 5.91. The highest BCUT2D eigenvalue weighted by atomic mass is 16.4. The maximum absolute atomic E-state index is 12.4. The van der Waals surface area contributed by atoms with Gasteiger partial charge in [-0.25, -0.2) is 4.79 Å². The zero-order valence-corrected chi connectivity index (χ0v) is 15.8. The molecule has 2 amide bonds. The number of hydrogen-bond acceptors (Lipinski definition) is 5. The van der Waals surface area contributed by atoms with Gasteiger partial charge in [-0.3, -0.25) is 14.4 Å². The van der Waals surface area contributed by atoms with Gasteiger partial charge in [0.1, 0.15) is 12.1 Å². The monoisotopic (exact) mass is 373 g/mol. The Kier molecular flexibility index (Phi) is 10.5. The van der Waals surface area contributed by atoms with Crippen LogP contribution in [-0.4, -0.2) is 52.1 Å². The zero-order chi connectivity index (χ0) is 20.4. The summed E-state index contributed by atoms with van der Waals surface area (Å²) >= 11 is 0. The first-order chi connectivity index (χ1) is 11.9. The number of hydrogen-bond donors (Lipinski definition) is 5. The van der Waals surface area contributed by atoms with Gasteiger partial charge in [0, 0.05) is 6.42 Å². The minimum absolute atomic E-state index is 0.0645. The molecule has 26 heavy (non-hydrogen) atoms. The van der Waals surface area contributed by atoms with Crippen molar-refractivity contribution in [3.63, 3.8) is 0 Å². The zero-order valence-electron chi connectivity index (χ0n) is 15.8. The lowest BCUT2D eigenvalue weighted by Gasteiger charge is -2.24. The summed E-state index contributed by atoms with van der Waals surface area (Å²) in [5.74, 6) is -3.35. The molecule has 9 heteroatoms. The Morgan fingerprint density at radius 3 is 1.77 bits per heavy atom. The highest BCUT2D eigenvalue weighted by Crippen LogP contribution is 2.09. The summed E-state index contributed by atoms with van der Waals surface area (Å²) in [6.07, 6.45) is 0.124. The molecule has 0 aromatic carbocycles. The number of carboxylic acids is 2. The predicted octanol–water partition coefficient (Wildman–Crippen LogP) is 0.325. The predicted molar refractivity (Wildman–Crippen MR) is 95.3 cm³/mol. The van der Waals surface area contributed by atoms with Crippen molar-refractivity contribution >= 4 is 23.8 Å². The second kappa shape index (κ2) is 11.5. The first-order valence-electron chi connectivity index (χ1n) is 8.74. The summed E-state index contributed by atoms with van der Waals surface area (Å²) in [6.45, 7) is 7.57.